The molecule has 2 aliphatic rings. The molecule has 2 aromatic rings. The van der Waals surface area contributed by atoms with Crippen LogP contribution in [-0.4, -0.2) is 15.2 Å². The fourth-order valence-corrected chi connectivity index (χ4v) is 6.41. The molecule has 24 heavy (non-hydrogen) atoms. The third-order valence-corrected chi connectivity index (χ3v) is 7.38. The van der Waals surface area contributed by atoms with Gasteiger partial charge in [-0.3, -0.25) is 0 Å². The first kappa shape index (κ1) is 16.0. The maximum absolute atomic E-state index is 9.04. The van der Waals surface area contributed by atoms with Crippen molar-refractivity contribution in [2.75, 3.05) is 0 Å². The Hall–Kier alpha value is -1.51. The van der Waals surface area contributed by atoms with E-state index in [1.165, 1.54) is 35.4 Å². The summed E-state index contributed by atoms with van der Waals surface area (Å²) in [5, 5.41) is 12.1. The van der Waals surface area contributed by atoms with Crippen molar-refractivity contribution < 1.29 is 0 Å². The number of hydrogen-bond donors (Lipinski definition) is 0. The Labute approximate surface area is 151 Å². The van der Waals surface area contributed by atoms with Gasteiger partial charge in [-0.2, -0.15) is 5.26 Å². The molecule has 1 aromatic heterocycles. The smallest absolute Gasteiger partial charge is 0.118 e. The molecule has 3 atom stereocenters. The first-order chi connectivity index (χ1) is 11.7. The van der Waals surface area contributed by atoms with E-state index in [1.54, 1.807) is 18.1 Å². The van der Waals surface area contributed by atoms with Crippen LogP contribution in [0.15, 0.2) is 40.6 Å². The molecule has 0 saturated heterocycles. The molecule has 1 saturated carbocycles. The number of fused-ring (bicyclic) bond motifs is 3. The van der Waals surface area contributed by atoms with Gasteiger partial charge in [0.05, 0.1) is 11.6 Å². The quantitative estimate of drug-likeness (QED) is 0.573. The minimum absolute atomic E-state index is 0.621. The third kappa shape index (κ3) is 3.05. The second-order valence-corrected chi connectivity index (χ2v) is 8.87. The monoisotopic (exact) mass is 353 g/mol. The van der Waals surface area contributed by atoms with E-state index in [0.717, 1.165) is 22.3 Å². The second kappa shape index (κ2) is 6.78. The molecule has 1 aliphatic carbocycles. The Morgan fingerprint density at radius 1 is 1.33 bits per heavy atom. The predicted molar refractivity (Wildman–Crippen MR) is 98.2 cm³/mol. The number of nitrogens with zero attached hydrogens (tertiary/aromatic N) is 3. The van der Waals surface area contributed by atoms with Crippen LogP contribution in [0.3, 0.4) is 0 Å². The lowest BCUT2D eigenvalue weighted by Crippen LogP contribution is -2.21. The van der Waals surface area contributed by atoms with Crippen molar-refractivity contribution in [1.29, 1.82) is 5.26 Å². The number of rotatable bonds is 3. The van der Waals surface area contributed by atoms with Crippen LogP contribution in [0.25, 0.3) is 0 Å². The zero-order chi connectivity index (χ0) is 16.5. The highest BCUT2D eigenvalue weighted by atomic mass is 32.2. The van der Waals surface area contributed by atoms with Gasteiger partial charge in [0.25, 0.3) is 0 Å². The lowest BCUT2D eigenvalue weighted by atomic mass is 9.80. The average Bonchev–Trinajstić information content (AvgIpc) is 2.98. The summed E-state index contributed by atoms with van der Waals surface area (Å²) in [4.78, 5) is 9.14. The molecule has 0 N–H and O–H groups in total. The van der Waals surface area contributed by atoms with E-state index >= 15 is 0 Å². The Bertz CT molecular complexity index is 799. The van der Waals surface area contributed by atoms with Gasteiger partial charge < -0.3 is 0 Å². The lowest BCUT2D eigenvalue weighted by Gasteiger charge is -2.29. The summed E-state index contributed by atoms with van der Waals surface area (Å²) in [5.74, 6) is 2.29. The maximum Gasteiger partial charge on any atom is 0.118 e. The minimum Gasteiger partial charge on any atom is -0.230 e. The van der Waals surface area contributed by atoms with Crippen LogP contribution in [0, 0.1) is 17.2 Å². The molecule has 4 rings (SSSR count). The summed E-state index contributed by atoms with van der Waals surface area (Å²) in [5.41, 5.74) is 3.28. The van der Waals surface area contributed by atoms with Crippen LogP contribution >= 0.6 is 23.5 Å². The van der Waals surface area contributed by atoms with Gasteiger partial charge in [-0.15, -0.1) is 23.5 Å². The van der Waals surface area contributed by atoms with Crippen LogP contribution in [0.2, 0.25) is 0 Å². The first-order valence-corrected chi connectivity index (χ1v) is 10.2. The molecular formula is C19H19N3S2. The van der Waals surface area contributed by atoms with Gasteiger partial charge in [-0.25, -0.2) is 9.97 Å². The summed E-state index contributed by atoms with van der Waals surface area (Å²) >= 11 is 3.74. The van der Waals surface area contributed by atoms with Crippen molar-refractivity contribution in [2.24, 2.45) is 5.92 Å². The molecule has 2 heterocycles. The number of thioether (sulfide) groups is 2. The SMILES string of the molecule is CC1CCC2c3c(SCc4cccc(C#N)c4)ncnc3SC2C1. The molecule has 1 aliphatic heterocycles. The summed E-state index contributed by atoms with van der Waals surface area (Å²) in [7, 11) is 0. The van der Waals surface area contributed by atoms with E-state index in [2.05, 4.69) is 29.0 Å². The molecule has 122 valence electrons. The van der Waals surface area contributed by atoms with Crippen molar-refractivity contribution in [3.8, 4) is 6.07 Å². The highest BCUT2D eigenvalue weighted by Gasteiger charge is 2.40. The number of aromatic nitrogens is 2. The van der Waals surface area contributed by atoms with Gasteiger partial charge in [0.2, 0.25) is 0 Å². The Morgan fingerprint density at radius 3 is 3.12 bits per heavy atom. The van der Waals surface area contributed by atoms with Crippen LogP contribution in [-0.2, 0) is 5.75 Å². The van der Waals surface area contributed by atoms with Gasteiger partial charge in [-0.1, -0.05) is 25.5 Å². The fourth-order valence-electron chi connectivity index (χ4n) is 3.71. The molecule has 0 bridgehead atoms. The lowest BCUT2D eigenvalue weighted by molar-refractivity contribution is 0.358. The molecule has 5 heteroatoms. The molecule has 0 radical (unpaired) electrons. The van der Waals surface area contributed by atoms with Crippen LogP contribution < -0.4 is 0 Å². The summed E-state index contributed by atoms with van der Waals surface area (Å²) in [6.07, 6.45) is 5.57. The van der Waals surface area contributed by atoms with Gasteiger partial charge >= 0.3 is 0 Å². The van der Waals surface area contributed by atoms with Crippen molar-refractivity contribution in [3.63, 3.8) is 0 Å². The third-order valence-electron chi connectivity index (χ3n) is 4.93. The first-order valence-electron chi connectivity index (χ1n) is 8.38. The van der Waals surface area contributed by atoms with Gasteiger partial charge in [-0.05, 0) is 36.5 Å². The number of nitriles is 1. The zero-order valence-corrected chi connectivity index (χ0v) is 15.2. The van der Waals surface area contributed by atoms with Crippen molar-refractivity contribution in [2.45, 2.75) is 53.2 Å². The minimum atomic E-state index is 0.621. The largest absolute Gasteiger partial charge is 0.230 e. The van der Waals surface area contributed by atoms with E-state index in [0.29, 0.717) is 11.2 Å². The van der Waals surface area contributed by atoms with Crippen LogP contribution in [0.5, 0.6) is 0 Å². The van der Waals surface area contributed by atoms with Crippen LogP contribution in [0.4, 0.5) is 0 Å². The van der Waals surface area contributed by atoms with Gasteiger partial charge in [0.15, 0.2) is 0 Å². The molecule has 1 aromatic carbocycles. The zero-order valence-electron chi connectivity index (χ0n) is 13.6. The Morgan fingerprint density at radius 2 is 2.25 bits per heavy atom. The molecule has 1 fully saturated rings. The summed E-state index contributed by atoms with van der Waals surface area (Å²) < 4.78 is 0. The normalized spacial score (nSPS) is 24.9. The Kier molecular flexibility index (Phi) is 4.51. The topological polar surface area (TPSA) is 49.6 Å². The molecule has 0 spiro atoms. The molecule has 3 nitrogen and oxygen atoms in total. The summed E-state index contributed by atoms with van der Waals surface area (Å²) in [6, 6.07) is 10.1. The maximum atomic E-state index is 9.04. The van der Waals surface area contributed by atoms with E-state index in [1.807, 2.05) is 30.0 Å². The van der Waals surface area contributed by atoms with Gasteiger partial charge in [0.1, 0.15) is 16.4 Å². The fraction of sp³-hybridized carbons (Fsp3) is 0.421. The number of benzene rings is 1. The molecular weight excluding hydrogens is 334 g/mol. The number of hydrogen-bond acceptors (Lipinski definition) is 5. The van der Waals surface area contributed by atoms with Gasteiger partial charge in [0, 0.05) is 22.5 Å². The van der Waals surface area contributed by atoms with Crippen LogP contribution in [0.1, 0.15) is 48.8 Å². The predicted octanol–water partition coefficient (Wildman–Crippen LogP) is 5.02. The highest BCUT2D eigenvalue weighted by molar-refractivity contribution is 8.00. The van der Waals surface area contributed by atoms with Crippen molar-refractivity contribution in [3.05, 3.63) is 47.3 Å². The molecule has 0 amide bonds. The van der Waals surface area contributed by atoms with E-state index in [-0.39, 0.29) is 0 Å². The second-order valence-electron chi connectivity index (χ2n) is 6.68. The van der Waals surface area contributed by atoms with E-state index < -0.39 is 0 Å². The van der Waals surface area contributed by atoms with Crippen molar-refractivity contribution in [1.82, 2.24) is 9.97 Å². The average molecular weight is 354 g/mol. The van der Waals surface area contributed by atoms with E-state index in [4.69, 9.17) is 5.26 Å². The Balaban J connectivity index is 1.56. The van der Waals surface area contributed by atoms with E-state index in [9.17, 15) is 0 Å². The highest BCUT2D eigenvalue weighted by Crippen LogP contribution is 2.54. The standard InChI is InChI=1S/C19H19N3S2/c1-12-5-6-15-16(7-12)24-19-17(15)18(21-11-22-19)23-10-14-4-2-3-13(8-14)9-20/h2-4,8,11-12,15-16H,5-7,10H2,1H3. The summed E-state index contributed by atoms with van der Waals surface area (Å²) in [6.45, 7) is 2.36. The van der Waals surface area contributed by atoms with Crippen molar-refractivity contribution >= 4 is 23.5 Å². The molecule has 3 unspecified atom stereocenters.